The summed E-state index contributed by atoms with van der Waals surface area (Å²) < 4.78 is 13.9. The van der Waals surface area contributed by atoms with Crippen molar-refractivity contribution in [1.82, 2.24) is 0 Å². The van der Waals surface area contributed by atoms with Crippen LogP contribution in [0.1, 0.15) is 50.7 Å². The van der Waals surface area contributed by atoms with E-state index in [2.05, 4.69) is 244 Å². The molecule has 0 saturated heterocycles. The molecular formula is C64H48N2O2. The maximum atomic E-state index is 7.05. The molecule has 0 bridgehead atoms. The maximum absolute atomic E-state index is 7.05. The maximum Gasteiger partial charge on any atom is 0.147 e. The molecule has 0 amide bonds. The Hall–Kier alpha value is -8.34. The van der Waals surface area contributed by atoms with Gasteiger partial charge in [0, 0.05) is 60.5 Å². The fourth-order valence-corrected chi connectivity index (χ4v) is 10.6. The Balaban J connectivity index is 0.936. The van der Waals surface area contributed by atoms with E-state index in [4.69, 9.17) is 8.83 Å². The van der Waals surface area contributed by atoms with E-state index in [1.165, 1.54) is 32.7 Å². The van der Waals surface area contributed by atoms with Crippen LogP contribution in [0.4, 0.5) is 34.1 Å². The quantitative estimate of drug-likeness (QED) is 0.152. The van der Waals surface area contributed by atoms with Crippen LogP contribution in [0.2, 0.25) is 0 Å². The number of benzene rings is 11. The van der Waals surface area contributed by atoms with Gasteiger partial charge in [-0.25, -0.2) is 0 Å². The number of rotatable bonds is 8. The van der Waals surface area contributed by atoms with Crippen molar-refractivity contribution in [2.24, 2.45) is 0 Å². The molecule has 326 valence electrons. The highest BCUT2D eigenvalue weighted by Gasteiger charge is 2.22. The standard InChI is InChI=1S/C64H48N2O2/c1-39(2)41-19-25-47(26-20-41)65(58-17-9-13-43-11-5-7-15-51(43)58)49-29-33-53-45(37-49)23-31-55-56-35-36-60-61(64(56)68-62(53)55)57-32-24-46-38-50(30-34-54(46)63(57)67-60)66(48-27-21-42(22-28-48)40(3)4)59-18-10-14-44-12-6-8-16-52(44)59/h5-40H,1-4H3. The number of furan rings is 2. The zero-order valence-corrected chi connectivity index (χ0v) is 38.5. The van der Waals surface area contributed by atoms with Crippen LogP contribution in [0.5, 0.6) is 0 Å². The molecule has 4 nitrogen and oxygen atoms in total. The highest BCUT2D eigenvalue weighted by molar-refractivity contribution is 6.27. The first-order valence-electron chi connectivity index (χ1n) is 23.8. The van der Waals surface area contributed by atoms with Crippen molar-refractivity contribution in [2.45, 2.75) is 39.5 Å². The molecule has 4 heteroatoms. The first-order chi connectivity index (χ1) is 33.4. The summed E-state index contributed by atoms with van der Waals surface area (Å²) in [5, 5.41) is 13.4. The van der Waals surface area contributed by atoms with Gasteiger partial charge in [0.25, 0.3) is 0 Å². The average Bonchev–Trinajstić information content (AvgIpc) is 3.96. The van der Waals surface area contributed by atoms with Gasteiger partial charge in [-0.05, 0) is 142 Å². The minimum absolute atomic E-state index is 0.451. The molecule has 0 atom stereocenters. The predicted octanol–water partition coefficient (Wildman–Crippen LogP) is 19.3. The molecule has 11 aromatic carbocycles. The third kappa shape index (κ3) is 6.36. The molecule has 13 rings (SSSR count). The van der Waals surface area contributed by atoms with Crippen molar-refractivity contribution in [3.05, 3.63) is 217 Å². The van der Waals surface area contributed by atoms with Crippen molar-refractivity contribution < 1.29 is 8.83 Å². The molecule has 0 aliphatic rings. The van der Waals surface area contributed by atoms with E-state index < -0.39 is 0 Å². The number of nitrogens with zero attached hydrogens (tertiary/aromatic N) is 2. The second-order valence-electron chi connectivity index (χ2n) is 18.9. The number of anilines is 6. The highest BCUT2D eigenvalue weighted by atomic mass is 16.3. The Morgan fingerprint density at radius 1 is 0.309 bits per heavy atom. The predicted molar refractivity (Wildman–Crippen MR) is 289 cm³/mol. The van der Waals surface area contributed by atoms with Crippen LogP contribution in [0, 0.1) is 0 Å². The Kier molecular flexibility index (Phi) is 9.20. The number of fused-ring (bicyclic) bond motifs is 13. The van der Waals surface area contributed by atoms with Gasteiger partial charge in [0.05, 0.1) is 16.8 Å². The fourth-order valence-electron chi connectivity index (χ4n) is 10.6. The van der Waals surface area contributed by atoms with E-state index in [9.17, 15) is 0 Å². The van der Waals surface area contributed by atoms with Gasteiger partial charge >= 0.3 is 0 Å². The summed E-state index contributed by atoms with van der Waals surface area (Å²) in [7, 11) is 0. The van der Waals surface area contributed by atoms with Gasteiger partial charge < -0.3 is 18.6 Å². The summed E-state index contributed by atoms with van der Waals surface area (Å²) in [6.07, 6.45) is 0. The Morgan fingerprint density at radius 3 is 1.26 bits per heavy atom. The van der Waals surface area contributed by atoms with Crippen LogP contribution >= 0.6 is 0 Å². The van der Waals surface area contributed by atoms with E-state index in [1.54, 1.807) is 0 Å². The molecule has 0 spiro atoms. The van der Waals surface area contributed by atoms with Gasteiger partial charge in [0.1, 0.15) is 22.3 Å². The molecule has 0 aliphatic heterocycles. The molecule has 2 aromatic heterocycles. The van der Waals surface area contributed by atoms with Crippen LogP contribution in [-0.4, -0.2) is 0 Å². The van der Waals surface area contributed by atoms with E-state index in [1.807, 2.05) is 0 Å². The Labute approximate surface area is 394 Å². The summed E-state index contributed by atoms with van der Waals surface area (Å²) in [6, 6.07) is 75.1. The Morgan fingerprint density at radius 2 is 0.735 bits per heavy atom. The largest absolute Gasteiger partial charge is 0.455 e. The smallest absolute Gasteiger partial charge is 0.147 e. The molecule has 0 saturated carbocycles. The third-order valence-corrected chi connectivity index (χ3v) is 14.2. The molecule has 0 N–H and O–H groups in total. The summed E-state index contributed by atoms with van der Waals surface area (Å²) in [6.45, 7) is 8.97. The van der Waals surface area contributed by atoms with Gasteiger partial charge in [0.2, 0.25) is 0 Å². The van der Waals surface area contributed by atoms with Crippen LogP contribution in [0.3, 0.4) is 0 Å². The second-order valence-corrected chi connectivity index (χ2v) is 18.9. The van der Waals surface area contributed by atoms with E-state index in [-0.39, 0.29) is 0 Å². The minimum atomic E-state index is 0.451. The monoisotopic (exact) mass is 876 g/mol. The summed E-state index contributed by atoms with van der Waals surface area (Å²) >= 11 is 0. The molecule has 0 aliphatic carbocycles. The van der Waals surface area contributed by atoms with Crippen molar-refractivity contribution in [2.75, 3.05) is 9.80 Å². The van der Waals surface area contributed by atoms with Crippen LogP contribution < -0.4 is 9.80 Å². The van der Waals surface area contributed by atoms with E-state index in [0.29, 0.717) is 11.8 Å². The summed E-state index contributed by atoms with van der Waals surface area (Å²) in [5.74, 6) is 0.903. The van der Waals surface area contributed by atoms with Crippen molar-refractivity contribution in [1.29, 1.82) is 0 Å². The lowest BCUT2D eigenvalue weighted by atomic mass is 10.0. The van der Waals surface area contributed by atoms with Crippen LogP contribution in [0.25, 0.3) is 87.0 Å². The fraction of sp³-hybridized carbons (Fsp3) is 0.0938. The molecular weight excluding hydrogens is 829 g/mol. The summed E-state index contributed by atoms with van der Waals surface area (Å²) in [5.41, 5.74) is 12.7. The van der Waals surface area contributed by atoms with Gasteiger partial charge in [0.15, 0.2) is 0 Å². The van der Waals surface area contributed by atoms with Gasteiger partial charge in [-0.2, -0.15) is 0 Å². The number of hydrogen-bond donors (Lipinski definition) is 0. The lowest BCUT2D eigenvalue weighted by Crippen LogP contribution is -2.10. The van der Waals surface area contributed by atoms with E-state index in [0.717, 1.165) is 99.5 Å². The van der Waals surface area contributed by atoms with Gasteiger partial charge in [-0.3, -0.25) is 0 Å². The summed E-state index contributed by atoms with van der Waals surface area (Å²) in [4.78, 5) is 4.76. The zero-order chi connectivity index (χ0) is 45.6. The van der Waals surface area contributed by atoms with Crippen molar-refractivity contribution >= 4 is 121 Å². The molecule has 2 heterocycles. The van der Waals surface area contributed by atoms with Crippen LogP contribution in [-0.2, 0) is 0 Å². The lowest BCUT2D eigenvalue weighted by Gasteiger charge is -2.27. The first kappa shape index (κ1) is 40.0. The SMILES string of the molecule is CC(C)c1ccc(N(c2ccc3c(ccc4c5ccc6oc7c8ccc(N(c9ccc(C(C)C)cc9)c9cccc%10ccccc9%10)cc8ccc7c6c5oc34)c2)c2cccc3ccccc23)cc1. The van der Waals surface area contributed by atoms with E-state index >= 15 is 0 Å². The molecule has 68 heavy (non-hydrogen) atoms. The topological polar surface area (TPSA) is 32.8 Å². The first-order valence-corrected chi connectivity index (χ1v) is 23.8. The molecule has 0 radical (unpaired) electrons. The normalized spacial score (nSPS) is 12.1. The number of hydrogen-bond acceptors (Lipinski definition) is 4. The van der Waals surface area contributed by atoms with Crippen molar-refractivity contribution in [3.8, 4) is 0 Å². The second kappa shape index (κ2) is 15.6. The molecule has 0 unspecified atom stereocenters. The van der Waals surface area contributed by atoms with Gasteiger partial charge in [-0.1, -0.05) is 137 Å². The highest BCUT2D eigenvalue weighted by Crippen LogP contribution is 2.46. The minimum Gasteiger partial charge on any atom is -0.455 e. The van der Waals surface area contributed by atoms with Gasteiger partial charge in [-0.15, -0.1) is 0 Å². The van der Waals surface area contributed by atoms with Crippen molar-refractivity contribution in [3.63, 3.8) is 0 Å². The lowest BCUT2D eigenvalue weighted by molar-refractivity contribution is 0.666. The third-order valence-electron chi connectivity index (χ3n) is 14.2. The molecule has 0 fully saturated rings. The average molecular weight is 877 g/mol. The molecule has 13 aromatic rings. The Bertz CT molecular complexity index is 4090. The van der Waals surface area contributed by atoms with Crippen LogP contribution in [0.15, 0.2) is 215 Å². The zero-order valence-electron chi connectivity index (χ0n) is 38.5.